The largest absolute Gasteiger partial charge is 0.368 e. The third-order valence-corrected chi connectivity index (χ3v) is 6.00. The fourth-order valence-electron chi connectivity index (χ4n) is 3.67. The number of hydrogen-bond donors (Lipinski definition) is 1. The van der Waals surface area contributed by atoms with E-state index in [0.29, 0.717) is 11.5 Å². The molecule has 0 saturated carbocycles. The van der Waals surface area contributed by atoms with Crippen LogP contribution in [0.1, 0.15) is 37.0 Å². The molecule has 0 spiro atoms. The maximum atomic E-state index is 12.6. The van der Waals surface area contributed by atoms with Gasteiger partial charge in [-0.3, -0.25) is 9.59 Å². The first-order chi connectivity index (χ1) is 14.0. The van der Waals surface area contributed by atoms with Crippen molar-refractivity contribution in [2.24, 2.45) is 5.92 Å². The number of benzene rings is 2. The molecular weight excluding hydrogens is 430 g/mol. The average molecular weight is 458 g/mol. The molecule has 0 unspecified atom stereocenters. The zero-order valence-corrected chi connectivity index (χ0v) is 18.6. The second-order valence-electron chi connectivity index (χ2n) is 7.34. The van der Waals surface area contributed by atoms with Gasteiger partial charge in [-0.05, 0) is 55.3 Å². The van der Waals surface area contributed by atoms with Crippen LogP contribution in [0.5, 0.6) is 0 Å². The molecule has 1 fully saturated rings. The molecule has 2 aromatic rings. The maximum absolute atomic E-state index is 12.6. The van der Waals surface area contributed by atoms with Crippen LogP contribution in [0.25, 0.3) is 0 Å². The third kappa shape index (κ3) is 5.38. The number of carbonyl (C=O) groups is 2. The Balaban J connectivity index is 1.56. The molecule has 0 bridgehead atoms. The van der Waals surface area contributed by atoms with Crippen LogP contribution in [0.3, 0.4) is 0 Å². The summed E-state index contributed by atoms with van der Waals surface area (Å²) in [7, 11) is 0. The summed E-state index contributed by atoms with van der Waals surface area (Å²) in [6.07, 6.45) is 1.81. The minimum absolute atomic E-state index is 0.132. The van der Waals surface area contributed by atoms with E-state index in [1.54, 1.807) is 12.1 Å². The van der Waals surface area contributed by atoms with E-state index in [2.05, 4.69) is 40.0 Å². The molecule has 6 heteroatoms. The monoisotopic (exact) mass is 457 g/mol. The molecular formula is C23H28BrN3O2. The van der Waals surface area contributed by atoms with E-state index < -0.39 is 0 Å². The number of rotatable bonds is 6. The lowest BCUT2D eigenvalue weighted by Crippen LogP contribution is -2.50. The van der Waals surface area contributed by atoms with Crippen molar-refractivity contribution in [1.82, 2.24) is 4.90 Å². The summed E-state index contributed by atoms with van der Waals surface area (Å²) in [5.74, 6) is 0.308. The molecule has 2 amide bonds. The zero-order chi connectivity index (χ0) is 20.8. The Labute approximate surface area is 181 Å². The number of nitrogens with one attached hydrogen (secondary N) is 1. The van der Waals surface area contributed by atoms with Crippen LogP contribution < -0.4 is 10.2 Å². The van der Waals surface area contributed by atoms with Gasteiger partial charge in [-0.25, -0.2) is 0 Å². The van der Waals surface area contributed by atoms with Crippen LogP contribution in [0, 0.1) is 5.92 Å². The van der Waals surface area contributed by atoms with Gasteiger partial charge >= 0.3 is 0 Å². The summed E-state index contributed by atoms with van der Waals surface area (Å²) in [5, 5.41) is 2.93. The molecule has 1 aliphatic rings. The predicted molar refractivity (Wildman–Crippen MR) is 121 cm³/mol. The topological polar surface area (TPSA) is 52.7 Å². The van der Waals surface area contributed by atoms with Gasteiger partial charge in [0.25, 0.3) is 5.91 Å². The Hall–Kier alpha value is -2.34. The van der Waals surface area contributed by atoms with Gasteiger partial charge in [0, 0.05) is 53.5 Å². The molecule has 0 aromatic heterocycles. The first-order valence-corrected chi connectivity index (χ1v) is 11.0. The molecule has 3 rings (SSSR count). The highest BCUT2D eigenvalue weighted by molar-refractivity contribution is 9.10. The van der Waals surface area contributed by atoms with Crippen LogP contribution in [-0.4, -0.2) is 42.9 Å². The van der Waals surface area contributed by atoms with Crippen LogP contribution in [0.4, 0.5) is 11.4 Å². The van der Waals surface area contributed by atoms with Gasteiger partial charge in [0.2, 0.25) is 5.91 Å². The highest BCUT2D eigenvalue weighted by atomic mass is 79.9. The molecule has 2 aromatic carbocycles. The summed E-state index contributed by atoms with van der Waals surface area (Å²) in [6.45, 7) is 7.34. The molecule has 1 aliphatic heterocycles. The highest BCUT2D eigenvalue weighted by Crippen LogP contribution is 2.22. The molecule has 1 heterocycles. The lowest BCUT2D eigenvalue weighted by molar-refractivity contribution is -0.136. The van der Waals surface area contributed by atoms with Crippen LogP contribution in [0.15, 0.2) is 53.0 Å². The summed E-state index contributed by atoms with van der Waals surface area (Å²) >= 11 is 3.39. The Morgan fingerprint density at radius 2 is 1.66 bits per heavy atom. The number of hydrogen-bond acceptors (Lipinski definition) is 3. The van der Waals surface area contributed by atoms with Crippen molar-refractivity contribution in [3.05, 3.63) is 58.6 Å². The van der Waals surface area contributed by atoms with Gasteiger partial charge in [-0.15, -0.1) is 0 Å². The molecule has 1 saturated heterocycles. The quantitative estimate of drug-likeness (QED) is 0.678. The summed E-state index contributed by atoms with van der Waals surface area (Å²) in [4.78, 5) is 29.2. The first-order valence-electron chi connectivity index (χ1n) is 10.2. The Morgan fingerprint density at radius 1 is 1.00 bits per heavy atom. The first kappa shape index (κ1) is 21.4. The summed E-state index contributed by atoms with van der Waals surface area (Å²) in [6, 6.07) is 15.2. The predicted octanol–water partition coefficient (Wildman–Crippen LogP) is 4.79. The van der Waals surface area contributed by atoms with E-state index in [9.17, 15) is 9.59 Å². The molecule has 29 heavy (non-hydrogen) atoms. The van der Waals surface area contributed by atoms with E-state index in [0.717, 1.165) is 54.9 Å². The van der Waals surface area contributed by atoms with Crippen molar-refractivity contribution in [2.45, 2.75) is 26.7 Å². The number of piperazine rings is 1. The Kier molecular flexibility index (Phi) is 7.31. The van der Waals surface area contributed by atoms with E-state index in [1.165, 1.54) is 0 Å². The molecule has 0 aliphatic carbocycles. The fraction of sp³-hybridized carbons (Fsp3) is 0.391. The maximum Gasteiger partial charge on any atom is 0.255 e. The number of amides is 2. The van der Waals surface area contributed by atoms with Gasteiger partial charge in [-0.2, -0.15) is 0 Å². The summed E-state index contributed by atoms with van der Waals surface area (Å²) in [5.41, 5.74) is 2.49. The average Bonchev–Trinajstić information content (AvgIpc) is 2.75. The van der Waals surface area contributed by atoms with Crippen molar-refractivity contribution in [3.8, 4) is 0 Å². The Morgan fingerprint density at radius 3 is 2.24 bits per heavy atom. The minimum atomic E-state index is -0.132. The standard InChI is InChI=1S/C23H28BrN3O2/c1-3-17(4-2)23(29)27-14-12-26(13-15-27)21-10-8-20(9-11-21)25-22(28)18-6-5-7-19(24)16-18/h5-11,16-17H,3-4,12-15H2,1-2H3,(H,25,28). The molecule has 0 atom stereocenters. The number of anilines is 2. The van der Waals surface area contributed by atoms with Crippen LogP contribution in [-0.2, 0) is 4.79 Å². The van der Waals surface area contributed by atoms with Gasteiger partial charge in [0.05, 0.1) is 0 Å². The lowest BCUT2D eigenvalue weighted by Gasteiger charge is -2.37. The van der Waals surface area contributed by atoms with E-state index in [-0.39, 0.29) is 11.8 Å². The summed E-state index contributed by atoms with van der Waals surface area (Å²) < 4.78 is 0.877. The number of carbonyl (C=O) groups excluding carboxylic acids is 2. The van der Waals surface area contributed by atoms with E-state index in [1.807, 2.05) is 41.3 Å². The van der Waals surface area contributed by atoms with Crippen molar-refractivity contribution >= 4 is 39.1 Å². The second-order valence-corrected chi connectivity index (χ2v) is 8.25. The number of nitrogens with zero attached hydrogens (tertiary/aromatic N) is 2. The van der Waals surface area contributed by atoms with E-state index >= 15 is 0 Å². The molecule has 0 radical (unpaired) electrons. The van der Waals surface area contributed by atoms with Gasteiger partial charge < -0.3 is 15.1 Å². The molecule has 5 nitrogen and oxygen atoms in total. The SMILES string of the molecule is CCC(CC)C(=O)N1CCN(c2ccc(NC(=O)c3cccc(Br)c3)cc2)CC1. The van der Waals surface area contributed by atoms with Crippen molar-refractivity contribution < 1.29 is 9.59 Å². The lowest BCUT2D eigenvalue weighted by atomic mass is 10.0. The van der Waals surface area contributed by atoms with Gasteiger partial charge in [0.15, 0.2) is 0 Å². The van der Waals surface area contributed by atoms with Crippen LogP contribution >= 0.6 is 15.9 Å². The second kappa shape index (κ2) is 9.92. The number of halogens is 1. The zero-order valence-electron chi connectivity index (χ0n) is 17.0. The van der Waals surface area contributed by atoms with Crippen molar-refractivity contribution in [2.75, 3.05) is 36.4 Å². The van der Waals surface area contributed by atoms with Crippen molar-refractivity contribution in [3.63, 3.8) is 0 Å². The Bertz CT molecular complexity index is 841. The highest BCUT2D eigenvalue weighted by Gasteiger charge is 2.25. The minimum Gasteiger partial charge on any atom is -0.368 e. The fourth-order valence-corrected chi connectivity index (χ4v) is 4.07. The molecule has 1 N–H and O–H groups in total. The third-order valence-electron chi connectivity index (χ3n) is 5.50. The smallest absolute Gasteiger partial charge is 0.255 e. The van der Waals surface area contributed by atoms with Crippen LogP contribution in [0.2, 0.25) is 0 Å². The van der Waals surface area contributed by atoms with Crippen molar-refractivity contribution in [1.29, 1.82) is 0 Å². The molecule has 154 valence electrons. The van der Waals surface area contributed by atoms with Gasteiger partial charge in [0.1, 0.15) is 0 Å². The normalized spacial score (nSPS) is 14.2. The van der Waals surface area contributed by atoms with E-state index in [4.69, 9.17) is 0 Å². The van der Waals surface area contributed by atoms with Gasteiger partial charge in [-0.1, -0.05) is 35.8 Å².